The van der Waals surface area contributed by atoms with Gasteiger partial charge in [-0.3, -0.25) is 9.59 Å². The maximum atomic E-state index is 12.0. The van der Waals surface area contributed by atoms with Crippen LogP contribution in [0.1, 0.15) is 46.3 Å². The molecule has 0 aliphatic heterocycles. The van der Waals surface area contributed by atoms with Crippen molar-refractivity contribution in [2.24, 2.45) is 0 Å². The van der Waals surface area contributed by atoms with Gasteiger partial charge < -0.3 is 10.4 Å². The SMILES string of the molecule is CC(CC(=O)O)NC(=O)c1cc2c(s1)CCCC2. The average Bonchev–Trinajstić information content (AvgIpc) is 2.71. The number of nitrogens with one attached hydrogen (secondary N) is 1. The van der Waals surface area contributed by atoms with Gasteiger partial charge in [0.25, 0.3) is 5.91 Å². The Morgan fingerprint density at radius 3 is 2.83 bits per heavy atom. The van der Waals surface area contributed by atoms with Crippen molar-refractivity contribution in [3.05, 3.63) is 21.4 Å². The molecule has 0 spiro atoms. The molecule has 0 fully saturated rings. The van der Waals surface area contributed by atoms with Crippen LogP contribution in [0.2, 0.25) is 0 Å². The Balaban J connectivity index is 2.00. The number of hydrogen-bond donors (Lipinski definition) is 2. The second-order valence-electron chi connectivity index (χ2n) is 4.74. The molecule has 0 bridgehead atoms. The molecule has 0 saturated carbocycles. The third-order valence-corrected chi connectivity index (χ3v) is 4.31. The number of carboxylic acids is 1. The first-order valence-corrected chi connectivity index (χ1v) is 7.02. The Morgan fingerprint density at radius 2 is 2.17 bits per heavy atom. The second kappa shape index (κ2) is 5.52. The van der Waals surface area contributed by atoms with Crippen LogP contribution in [0, 0.1) is 0 Å². The van der Waals surface area contributed by atoms with E-state index in [1.807, 2.05) is 6.07 Å². The molecule has 1 aromatic heterocycles. The van der Waals surface area contributed by atoms with E-state index in [1.54, 1.807) is 18.3 Å². The van der Waals surface area contributed by atoms with E-state index in [0.717, 1.165) is 12.8 Å². The molecule has 1 aromatic rings. The summed E-state index contributed by atoms with van der Waals surface area (Å²) >= 11 is 1.54. The van der Waals surface area contributed by atoms with Crippen LogP contribution < -0.4 is 5.32 Å². The first-order chi connectivity index (χ1) is 8.56. The lowest BCUT2D eigenvalue weighted by molar-refractivity contribution is -0.137. The summed E-state index contributed by atoms with van der Waals surface area (Å²) in [5.74, 6) is -1.04. The van der Waals surface area contributed by atoms with E-state index in [4.69, 9.17) is 5.11 Å². The molecule has 98 valence electrons. The van der Waals surface area contributed by atoms with Crippen molar-refractivity contribution in [2.45, 2.75) is 45.1 Å². The maximum Gasteiger partial charge on any atom is 0.305 e. The third kappa shape index (κ3) is 3.10. The summed E-state index contributed by atoms with van der Waals surface area (Å²) in [6.45, 7) is 1.71. The van der Waals surface area contributed by atoms with Crippen LogP contribution in [-0.4, -0.2) is 23.0 Å². The van der Waals surface area contributed by atoms with Crippen molar-refractivity contribution in [3.63, 3.8) is 0 Å². The van der Waals surface area contributed by atoms with Crippen LogP contribution in [0.5, 0.6) is 0 Å². The second-order valence-corrected chi connectivity index (χ2v) is 5.88. The highest BCUT2D eigenvalue weighted by Gasteiger charge is 2.18. The zero-order valence-corrected chi connectivity index (χ0v) is 11.2. The molecule has 5 heteroatoms. The quantitative estimate of drug-likeness (QED) is 0.879. The first-order valence-electron chi connectivity index (χ1n) is 6.20. The topological polar surface area (TPSA) is 66.4 Å². The normalized spacial score (nSPS) is 15.8. The lowest BCUT2D eigenvalue weighted by Gasteiger charge is -2.09. The van der Waals surface area contributed by atoms with Crippen LogP contribution >= 0.6 is 11.3 Å². The average molecular weight is 267 g/mol. The summed E-state index contributed by atoms with van der Waals surface area (Å²) in [6, 6.07) is 1.62. The van der Waals surface area contributed by atoms with Gasteiger partial charge in [0.1, 0.15) is 0 Å². The first kappa shape index (κ1) is 13.1. The standard InChI is InChI=1S/C13H17NO3S/c1-8(6-12(15)16)14-13(17)11-7-9-4-2-3-5-10(9)18-11/h7-8H,2-6H2,1H3,(H,14,17)(H,15,16). The third-order valence-electron chi connectivity index (χ3n) is 3.08. The Bertz CT molecular complexity index is 443. The van der Waals surface area contributed by atoms with Gasteiger partial charge in [-0.2, -0.15) is 0 Å². The van der Waals surface area contributed by atoms with Gasteiger partial charge in [0, 0.05) is 10.9 Å². The van der Waals surface area contributed by atoms with E-state index in [1.165, 1.54) is 23.3 Å². The Labute approximate surface area is 110 Å². The van der Waals surface area contributed by atoms with E-state index in [0.29, 0.717) is 4.88 Å². The molecule has 18 heavy (non-hydrogen) atoms. The molecule has 1 aliphatic carbocycles. The van der Waals surface area contributed by atoms with Crippen LogP contribution in [0.25, 0.3) is 0 Å². The molecule has 1 atom stereocenters. The van der Waals surface area contributed by atoms with Crippen molar-refractivity contribution in [3.8, 4) is 0 Å². The van der Waals surface area contributed by atoms with Gasteiger partial charge in [0.05, 0.1) is 11.3 Å². The molecular weight excluding hydrogens is 250 g/mol. The van der Waals surface area contributed by atoms with Gasteiger partial charge in [-0.05, 0) is 44.2 Å². The summed E-state index contributed by atoms with van der Waals surface area (Å²) < 4.78 is 0. The van der Waals surface area contributed by atoms with Gasteiger partial charge in [0.2, 0.25) is 0 Å². The predicted octanol–water partition coefficient (Wildman–Crippen LogP) is 2.22. The minimum atomic E-state index is -0.895. The smallest absolute Gasteiger partial charge is 0.305 e. The molecule has 0 radical (unpaired) electrons. The molecule has 2 N–H and O–H groups in total. The fourth-order valence-electron chi connectivity index (χ4n) is 2.21. The highest BCUT2D eigenvalue weighted by atomic mass is 32.1. The number of carboxylic acid groups (broad SMARTS) is 1. The number of thiophene rings is 1. The molecular formula is C13H17NO3S. The number of aliphatic carboxylic acids is 1. The van der Waals surface area contributed by atoms with Crippen molar-refractivity contribution >= 4 is 23.2 Å². The summed E-state index contributed by atoms with van der Waals surface area (Å²) in [4.78, 5) is 24.5. The molecule has 4 nitrogen and oxygen atoms in total. The minimum Gasteiger partial charge on any atom is -0.481 e. The number of carbonyl (C=O) groups is 2. The van der Waals surface area contributed by atoms with E-state index in [9.17, 15) is 9.59 Å². The molecule has 1 aliphatic rings. The van der Waals surface area contributed by atoms with Gasteiger partial charge in [-0.15, -0.1) is 11.3 Å². The van der Waals surface area contributed by atoms with Gasteiger partial charge in [0.15, 0.2) is 0 Å². The van der Waals surface area contributed by atoms with E-state index >= 15 is 0 Å². The van der Waals surface area contributed by atoms with Crippen LogP contribution in [0.15, 0.2) is 6.07 Å². The number of aryl methyl sites for hydroxylation is 2. The monoisotopic (exact) mass is 267 g/mol. The molecule has 2 rings (SSSR count). The highest BCUT2D eigenvalue weighted by Crippen LogP contribution is 2.29. The zero-order chi connectivity index (χ0) is 13.1. The zero-order valence-electron chi connectivity index (χ0n) is 10.4. The summed E-state index contributed by atoms with van der Waals surface area (Å²) in [6.07, 6.45) is 4.47. The van der Waals surface area contributed by atoms with Gasteiger partial charge in [-0.25, -0.2) is 0 Å². The lowest BCUT2D eigenvalue weighted by atomic mass is 9.99. The number of fused-ring (bicyclic) bond motifs is 1. The van der Waals surface area contributed by atoms with E-state index < -0.39 is 5.97 Å². The van der Waals surface area contributed by atoms with Crippen molar-refractivity contribution in [1.29, 1.82) is 0 Å². The Morgan fingerprint density at radius 1 is 1.44 bits per heavy atom. The number of amides is 1. The number of carbonyl (C=O) groups excluding carboxylic acids is 1. The fraction of sp³-hybridized carbons (Fsp3) is 0.538. The Kier molecular flexibility index (Phi) is 4.01. The number of rotatable bonds is 4. The summed E-state index contributed by atoms with van der Waals surface area (Å²) in [5.41, 5.74) is 1.29. The van der Waals surface area contributed by atoms with Crippen molar-refractivity contribution < 1.29 is 14.7 Å². The maximum absolute atomic E-state index is 12.0. The van der Waals surface area contributed by atoms with Crippen LogP contribution in [0.3, 0.4) is 0 Å². The fourth-order valence-corrected chi connectivity index (χ4v) is 3.37. The van der Waals surface area contributed by atoms with Gasteiger partial charge >= 0.3 is 5.97 Å². The summed E-state index contributed by atoms with van der Waals surface area (Å²) in [7, 11) is 0. The summed E-state index contributed by atoms with van der Waals surface area (Å²) in [5, 5.41) is 11.4. The molecule has 1 heterocycles. The minimum absolute atomic E-state index is 0.0448. The highest BCUT2D eigenvalue weighted by molar-refractivity contribution is 7.14. The Hall–Kier alpha value is -1.36. The molecule has 0 saturated heterocycles. The number of hydrogen-bond acceptors (Lipinski definition) is 3. The van der Waals surface area contributed by atoms with Crippen molar-refractivity contribution in [1.82, 2.24) is 5.32 Å². The van der Waals surface area contributed by atoms with Crippen LogP contribution in [-0.2, 0) is 17.6 Å². The van der Waals surface area contributed by atoms with E-state index in [-0.39, 0.29) is 18.4 Å². The molecule has 1 amide bonds. The predicted molar refractivity (Wildman–Crippen MR) is 70.1 cm³/mol. The lowest BCUT2D eigenvalue weighted by Crippen LogP contribution is -2.33. The van der Waals surface area contributed by atoms with E-state index in [2.05, 4.69) is 5.32 Å². The largest absolute Gasteiger partial charge is 0.481 e. The van der Waals surface area contributed by atoms with Crippen LogP contribution in [0.4, 0.5) is 0 Å². The molecule has 0 aromatic carbocycles. The molecule has 1 unspecified atom stereocenters. The van der Waals surface area contributed by atoms with Crippen molar-refractivity contribution in [2.75, 3.05) is 0 Å². The van der Waals surface area contributed by atoms with Gasteiger partial charge in [-0.1, -0.05) is 0 Å².